The van der Waals surface area contributed by atoms with Crippen molar-refractivity contribution in [2.45, 2.75) is 31.6 Å². The van der Waals surface area contributed by atoms with Crippen LogP contribution in [0.15, 0.2) is 54.8 Å². The molecule has 30 heavy (non-hydrogen) atoms. The van der Waals surface area contributed by atoms with Crippen LogP contribution in [0.4, 0.5) is 6.01 Å². The minimum Gasteiger partial charge on any atom is -0.444 e. The van der Waals surface area contributed by atoms with Crippen molar-refractivity contribution in [3.8, 4) is 11.7 Å². The smallest absolute Gasteiger partial charge is 0.322 e. The fraction of sp³-hybridized carbons (Fsp3) is 0.316. The third-order valence-corrected chi connectivity index (χ3v) is 6.71. The van der Waals surface area contributed by atoms with E-state index in [9.17, 15) is 13.2 Å². The number of nitrogens with one attached hydrogen (secondary N) is 1. The molecule has 2 heterocycles. The Morgan fingerprint density at radius 1 is 1.10 bits per heavy atom. The number of aromatic nitrogens is 2. The van der Waals surface area contributed by atoms with Crippen LogP contribution in [0.3, 0.4) is 0 Å². The quantitative estimate of drug-likeness (QED) is 0.472. The zero-order valence-electron chi connectivity index (χ0n) is 16.5. The van der Waals surface area contributed by atoms with Gasteiger partial charge < -0.3 is 8.83 Å². The number of benzene rings is 1. The fourth-order valence-electron chi connectivity index (χ4n) is 2.68. The van der Waals surface area contributed by atoms with Crippen LogP contribution < -0.4 is 5.32 Å². The Labute approximate surface area is 182 Å². The highest BCUT2D eigenvalue weighted by Gasteiger charge is 2.23. The van der Waals surface area contributed by atoms with Crippen LogP contribution in [0.5, 0.6) is 0 Å². The van der Waals surface area contributed by atoms with Crippen LogP contribution in [0.1, 0.15) is 37.0 Å². The molecule has 9 nitrogen and oxygen atoms in total. The molecule has 2 aromatic heterocycles. The largest absolute Gasteiger partial charge is 0.444 e. The molecular weight excluding hydrogens is 476 g/mol. The Morgan fingerprint density at radius 3 is 2.43 bits per heavy atom. The van der Waals surface area contributed by atoms with Gasteiger partial charge >= 0.3 is 6.01 Å². The van der Waals surface area contributed by atoms with E-state index in [0.29, 0.717) is 23.5 Å². The van der Waals surface area contributed by atoms with Crippen molar-refractivity contribution < 1.29 is 22.0 Å². The molecule has 1 aromatic carbocycles. The SMILES string of the molecule is CCCCN(CC)S(=O)(=O)c1ccc(C(=O)Nc2nnc(-c3ccc(Br)o3)o2)cc1. The predicted molar refractivity (Wildman–Crippen MR) is 113 cm³/mol. The molecule has 1 amide bonds. The number of furan rings is 1. The third-order valence-electron chi connectivity index (χ3n) is 4.30. The summed E-state index contributed by atoms with van der Waals surface area (Å²) in [6.07, 6.45) is 1.69. The van der Waals surface area contributed by atoms with Crippen molar-refractivity contribution >= 4 is 37.9 Å². The second-order valence-electron chi connectivity index (χ2n) is 6.34. The topological polar surface area (TPSA) is 119 Å². The van der Waals surface area contributed by atoms with E-state index >= 15 is 0 Å². The van der Waals surface area contributed by atoms with E-state index in [1.54, 1.807) is 19.1 Å². The first-order valence-corrected chi connectivity index (χ1v) is 11.6. The van der Waals surface area contributed by atoms with E-state index in [2.05, 4.69) is 31.4 Å². The lowest BCUT2D eigenvalue weighted by Crippen LogP contribution is -2.31. The molecule has 1 N–H and O–H groups in total. The van der Waals surface area contributed by atoms with E-state index in [-0.39, 0.29) is 22.4 Å². The number of hydrogen-bond donors (Lipinski definition) is 1. The van der Waals surface area contributed by atoms with Gasteiger partial charge in [-0.1, -0.05) is 25.4 Å². The van der Waals surface area contributed by atoms with Crippen LogP contribution in [0.25, 0.3) is 11.7 Å². The fourth-order valence-corrected chi connectivity index (χ4v) is 4.48. The lowest BCUT2D eigenvalue weighted by Gasteiger charge is -2.20. The van der Waals surface area contributed by atoms with Gasteiger partial charge in [-0.3, -0.25) is 10.1 Å². The van der Waals surface area contributed by atoms with E-state index in [1.165, 1.54) is 28.6 Å². The molecule has 0 radical (unpaired) electrons. The van der Waals surface area contributed by atoms with E-state index in [4.69, 9.17) is 8.83 Å². The highest BCUT2D eigenvalue weighted by molar-refractivity contribution is 9.10. The van der Waals surface area contributed by atoms with Crippen LogP contribution in [0, 0.1) is 0 Å². The van der Waals surface area contributed by atoms with Gasteiger partial charge in [0.1, 0.15) is 0 Å². The third kappa shape index (κ3) is 4.97. The molecule has 0 aliphatic carbocycles. The van der Waals surface area contributed by atoms with Gasteiger partial charge in [-0.15, -0.1) is 5.10 Å². The normalized spacial score (nSPS) is 11.7. The molecule has 160 valence electrons. The summed E-state index contributed by atoms with van der Waals surface area (Å²) >= 11 is 3.18. The molecule has 0 unspecified atom stereocenters. The number of sulfonamides is 1. The van der Waals surface area contributed by atoms with Crippen molar-refractivity contribution in [2.75, 3.05) is 18.4 Å². The molecule has 0 atom stereocenters. The summed E-state index contributed by atoms with van der Waals surface area (Å²) in [5, 5.41) is 10.1. The van der Waals surface area contributed by atoms with Gasteiger partial charge in [-0.25, -0.2) is 8.42 Å². The first kappa shape index (κ1) is 22.2. The number of rotatable bonds is 9. The minimum atomic E-state index is -3.60. The molecular formula is C19H21BrN4O5S. The maximum Gasteiger partial charge on any atom is 0.322 e. The number of unbranched alkanes of at least 4 members (excludes halogenated alkanes) is 1. The highest BCUT2D eigenvalue weighted by Crippen LogP contribution is 2.25. The summed E-state index contributed by atoms with van der Waals surface area (Å²) in [4.78, 5) is 12.6. The van der Waals surface area contributed by atoms with Crippen LogP contribution >= 0.6 is 15.9 Å². The van der Waals surface area contributed by atoms with Gasteiger partial charge in [0.25, 0.3) is 11.8 Å². The summed E-state index contributed by atoms with van der Waals surface area (Å²) in [7, 11) is -3.60. The summed E-state index contributed by atoms with van der Waals surface area (Å²) in [5.74, 6) is -0.0368. The predicted octanol–water partition coefficient (Wildman–Crippen LogP) is 4.16. The molecule has 3 rings (SSSR count). The molecule has 0 spiro atoms. The Morgan fingerprint density at radius 2 is 1.83 bits per heavy atom. The second-order valence-corrected chi connectivity index (χ2v) is 9.06. The summed E-state index contributed by atoms with van der Waals surface area (Å²) in [6.45, 7) is 4.66. The summed E-state index contributed by atoms with van der Waals surface area (Å²) < 4.78 is 38.1. The first-order valence-electron chi connectivity index (χ1n) is 9.36. The van der Waals surface area contributed by atoms with E-state index in [1.807, 2.05) is 6.92 Å². The van der Waals surface area contributed by atoms with Crippen molar-refractivity contribution in [2.24, 2.45) is 0 Å². The maximum atomic E-state index is 12.8. The molecule has 0 aliphatic heterocycles. The van der Waals surface area contributed by atoms with E-state index in [0.717, 1.165) is 12.8 Å². The Kier molecular flexibility index (Phi) is 7.06. The number of carbonyl (C=O) groups is 1. The highest BCUT2D eigenvalue weighted by atomic mass is 79.9. The standard InChI is InChI=1S/C19H21BrN4O5S/c1-3-5-12-24(4-2)30(26,27)14-8-6-13(7-9-14)17(25)21-19-23-22-18(29-19)15-10-11-16(20)28-15/h6-11H,3-5,12H2,1-2H3,(H,21,23,25). The Balaban J connectivity index is 1.70. The van der Waals surface area contributed by atoms with Crippen LogP contribution in [0.2, 0.25) is 0 Å². The first-order chi connectivity index (χ1) is 14.3. The molecule has 0 saturated carbocycles. The van der Waals surface area contributed by atoms with Crippen molar-refractivity contribution in [3.05, 3.63) is 46.6 Å². The number of anilines is 1. The molecule has 11 heteroatoms. The van der Waals surface area contributed by atoms with Gasteiger partial charge in [-0.05, 0) is 58.7 Å². The monoisotopic (exact) mass is 496 g/mol. The van der Waals surface area contributed by atoms with Crippen molar-refractivity contribution in [3.63, 3.8) is 0 Å². The lowest BCUT2D eigenvalue weighted by atomic mass is 10.2. The lowest BCUT2D eigenvalue weighted by molar-refractivity contribution is 0.102. The summed E-state index contributed by atoms with van der Waals surface area (Å²) in [6, 6.07) is 8.93. The molecule has 0 saturated heterocycles. The maximum absolute atomic E-state index is 12.8. The minimum absolute atomic E-state index is 0.101. The second kappa shape index (κ2) is 9.54. The number of amides is 1. The average molecular weight is 497 g/mol. The molecule has 0 aliphatic rings. The number of carbonyl (C=O) groups excluding carboxylic acids is 1. The number of halogens is 1. The van der Waals surface area contributed by atoms with Crippen LogP contribution in [-0.4, -0.2) is 41.9 Å². The molecule has 0 fully saturated rings. The van der Waals surface area contributed by atoms with E-state index < -0.39 is 15.9 Å². The average Bonchev–Trinajstić information content (AvgIpc) is 3.37. The molecule has 3 aromatic rings. The van der Waals surface area contributed by atoms with Gasteiger partial charge in [0.15, 0.2) is 10.4 Å². The van der Waals surface area contributed by atoms with Gasteiger partial charge in [0.05, 0.1) is 4.90 Å². The van der Waals surface area contributed by atoms with Crippen LogP contribution in [-0.2, 0) is 10.0 Å². The van der Waals surface area contributed by atoms with Gasteiger partial charge in [0.2, 0.25) is 10.0 Å². The Hall–Kier alpha value is -2.50. The molecule has 0 bridgehead atoms. The van der Waals surface area contributed by atoms with Crippen molar-refractivity contribution in [1.29, 1.82) is 0 Å². The number of hydrogen-bond acceptors (Lipinski definition) is 7. The number of nitrogens with zero attached hydrogens (tertiary/aromatic N) is 3. The zero-order chi connectivity index (χ0) is 21.7. The summed E-state index contributed by atoms with van der Waals surface area (Å²) in [5.41, 5.74) is 0.256. The zero-order valence-corrected chi connectivity index (χ0v) is 18.9. The van der Waals surface area contributed by atoms with Gasteiger partial charge in [0, 0.05) is 18.7 Å². The van der Waals surface area contributed by atoms with Gasteiger partial charge in [-0.2, -0.15) is 4.31 Å². The Bertz CT molecular complexity index is 1110. The van der Waals surface area contributed by atoms with Crippen molar-refractivity contribution in [1.82, 2.24) is 14.5 Å².